The number of carbonyl (C=O) groups excluding carboxylic acids is 1. The fraction of sp³-hybridized carbons (Fsp3) is 0.889. The van der Waals surface area contributed by atoms with Gasteiger partial charge in [0.2, 0.25) is 0 Å². The molecule has 1 rings (SSSR count). The summed E-state index contributed by atoms with van der Waals surface area (Å²) >= 11 is 0. The first-order valence-corrected chi connectivity index (χ1v) is 4.54. The molecule has 1 unspecified atom stereocenters. The summed E-state index contributed by atoms with van der Waals surface area (Å²) in [5.41, 5.74) is -0.608. The van der Waals surface area contributed by atoms with Crippen LogP contribution in [0.2, 0.25) is 0 Å². The van der Waals surface area contributed by atoms with Crippen LogP contribution < -0.4 is 5.32 Å². The second-order valence-corrected chi connectivity index (χ2v) is 3.68. The summed E-state index contributed by atoms with van der Waals surface area (Å²) in [4.78, 5) is 11.5. The molecule has 1 aliphatic rings. The van der Waals surface area contributed by atoms with Crippen LogP contribution in [-0.2, 0) is 14.3 Å². The van der Waals surface area contributed by atoms with E-state index in [-0.39, 0.29) is 12.0 Å². The normalized spacial score (nSPS) is 28.0. The fourth-order valence-electron chi connectivity index (χ4n) is 1.65. The van der Waals surface area contributed by atoms with Crippen LogP contribution in [0.25, 0.3) is 0 Å². The number of rotatable bonds is 3. The maximum atomic E-state index is 11.5. The Hall–Kier alpha value is -0.610. The summed E-state index contributed by atoms with van der Waals surface area (Å²) in [6.45, 7) is 5.04. The van der Waals surface area contributed by atoms with Crippen LogP contribution in [0.5, 0.6) is 0 Å². The molecule has 0 aliphatic carbocycles. The van der Waals surface area contributed by atoms with Gasteiger partial charge in [-0.15, -0.1) is 0 Å². The Morgan fingerprint density at radius 1 is 1.62 bits per heavy atom. The van der Waals surface area contributed by atoms with Crippen molar-refractivity contribution in [2.45, 2.75) is 31.8 Å². The van der Waals surface area contributed by atoms with Crippen LogP contribution in [0.15, 0.2) is 0 Å². The summed E-state index contributed by atoms with van der Waals surface area (Å²) < 4.78 is 9.98. The highest BCUT2D eigenvalue weighted by atomic mass is 16.5. The van der Waals surface area contributed by atoms with E-state index in [1.165, 1.54) is 7.11 Å². The third-order valence-corrected chi connectivity index (χ3v) is 2.16. The number of ether oxygens (including phenoxy) is 2. The molecule has 1 heterocycles. The lowest BCUT2D eigenvalue weighted by molar-refractivity contribution is -0.149. The molecular weight excluding hydrogens is 170 g/mol. The molecule has 0 aromatic carbocycles. The Labute approximate surface area is 78.6 Å². The lowest BCUT2D eigenvalue weighted by atomic mass is 9.98. The topological polar surface area (TPSA) is 47.6 Å². The second-order valence-electron chi connectivity index (χ2n) is 3.68. The smallest absolute Gasteiger partial charge is 0.328 e. The van der Waals surface area contributed by atoms with Gasteiger partial charge in [-0.3, -0.25) is 5.32 Å². The van der Waals surface area contributed by atoms with E-state index in [9.17, 15) is 4.79 Å². The third-order valence-electron chi connectivity index (χ3n) is 2.16. The Morgan fingerprint density at radius 3 is 2.69 bits per heavy atom. The van der Waals surface area contributed by atoms with Crippen molar-refractivity contribution in [1.82, 2.24) is 5.32 Å². The third kappa shape index (κ3) is 2.19. The van der Waals surface area contributed by atoms with E-state index < -0.39 is 5.54 Å². The van der Waals surface area contributed by atoms with E-state index in [0.717, 1.165) is 0 Å². The van der Waals surface area contributed by atoms with E-state index in [4.69, 9.17) is 9.47 Å². The summed E-state index contributed by atoms with van der Waals surface area (Å²) in [6.07, 6.45) is 0.692. The van der Waals surface area contributed by atoms with Crippen molar-refractivity contribution in [3.05, 3.63) is 0 Å². The van der Waals surface area contributed by atoms with Crippen molar-refractivity contribution in [2.75, 3.05) is 20.3 Å². The molecule has 0 radical (unpaired) electrons. The zero-order valence-corrected chi connectivity index (χ0v) is 8.42. The summed E-state index contributed by atoms with van der Waals surface area (Å²) in [5, 5.41) is 3.21. The summed E-state index contributed by atoms with van der Waals surface area (Å²) in [5.74, 6) is -0.223. The first-order chi connectivity index (χ1) is 6.10. The van der Waals surface area contributed by atoms with Gasteiger partial charge >= 0.3 is 5.97 Å². The largest absolute Gasteiger partial charge is 0.468 e. The van der Waals surface area contributed by atoms with Gasteiger partial charge in [-0.2, -0.15) is 0 Å². The molecule has 0 bridgehead atoms. The molecule has 1 aliphatic heterocycles. The number of methoxy groups -OCH3 is 1. The van der Waals surface area contributed by atoms with Crippen LogP contribution in [0.3, 0.4) is 0 Å². The van der Waals surface area contributed by atoms with E-state index >= 15 is 0 Å². The van der Waals surface area contributed by atoms with Gasteiger partial charge in [0.25, 0.3) is 0 Å². The number of hydrogen-bond donors (Lipinski definition) is 1. The van der Waals surface area contributed by atoms with Crippen LogP contribution in [0.1, 0.15) is 20.3 Å². The highest BCUT2D eigenvalue weighted by molar-refractivity contribution is 5.81. The molecule has 1 saturated heterocycles. The van der Waals surface area contributed by atoms with Gasteiger partial charge in [-0.05, 0) is 13.8 Å². The van der Waals surface area contributed by atoms with Crippen LogP contribution in [0.4, 0.5) is 0 Å². The SMILES string of the molecule is COC(=O)C1(NC(C)C)CCOC1. The monoisotopic (exact) mass is 187 g/mol. The predicted octanol–water partition coefficient (Wildman–Crippen LogP) is 0.316. The quantitative estimate of drug-likeness (QED) is 0.646. The van der Waals surface area contributed by atoms with E-state index in [0.29, 0.717) is 19.6 Å². The minimum Gasteiger partial charge on any atom is -0.468 e. The standard InChI is InChI=1S/C9H17NO3/c1-7(2)10-9(8(11)12-3)4-5-13-6-9/h7,10H,4-6H2,1-3H3. The number of hydrogen-bond acceptors (Lipinski definition) is 4. The lowest BCUT2D eigenvalue weighted by Gasteiger charge is -2.27. The first kappa shape index (κ1) is 10.5. The molecule has 1 atom stereocenters. The minimum absolute atomic E-state index is 0.223. The van der Waals surface area contributed by atoms with Crippen LogP contribution in [0, 0.1) is 0 Å². The summed E-state index contributed by atoms with van der Waals surface area (Å²) in [7, 11) is 1.41. The Morgan fingerprint density at radius 2 is 2.31 bits per heavy atom. The zero-order chi connectivity index (χ0) is 9.90. The summed E-state index contributed by atoms with van der Waals surface area (Å²) in [6, 6.07) is 0.251. The van der Waals surface area contributed by atoms with Gasteiger partial charge in [-0.1, -0.05) is 0 Å². The van der Waals surface area contributed by atoms with Gasteiger partial charge in [0, 0.05) is 19.1 Å². The number of esters is 1. The Bertz CT molecular complexity index is 185. The maximum absolute atomic E-state index is 11.5. The van der Waals surface area contributed by atoms with Crippen molar-refractivity contribution in [1.29, 1.82) is 0 Å². The van der Waals surface area contributed by atoms with E-state index in [2.05, 4.69) is 5.32 Å². The lowest BCUT2D eigenvalue weighted by Crippen LogP contribution is -2.55. The van der Waals surface area contributed by atoms with Crippen molar-refractivity contribution in [3.8, 4) is 0 Å². The molecular formula is C9H17NO3. The van der Waals surface area contributed by atoms with Gasteiger partial charge < -0.3 is 9.47 Å². The molecule has 0 aromatic heterocycles. The molecule has 4 heteroatoms. The minimum atomic E-state index is -0.608. The predicted molar refractivity (Wildman–Crippen MR) is 48.5 cm³/mol. The Kier molecular flexibility index (Phi) is 3.27. The van der Waals surface area contributed by atoms with Crippen molar-refractivity contribution in [3.63, 3.8) is 0 Å². The zero-order valence-electron chi connectivity index (χ0n) is 8.42. The van der Waals surface area contributed by atoms with Crippen molar-refractivity contribution >= 4 is 5.97 Å². The van der Waals surface area contributed by atoms with Gasteiger partial charge in [0.15, 0.2) is 0 Å². The molecule has 0 aromatic rings. The average molecular weight is 187 g/mol. The van der Waals surface area contributed by atoms with Gasteiger partial charge in [-0.25, -0.2) is 4.79 Å². The number of nitrogens with one attached hydrogen (secondary N) is 1. The molecule has 0 spiro atoms. The van der Waals surface area contributed by atoms with Crippen LogP contribution in [-0.4, -0.2) is 37.9 Å². The molecule has 1 N–H and O–H groups in total. The second kappa shape index (κ2) is 4.07. The average Bonchev–Trinajstić information content (AvgIpc) is 2.51. The molecule has 76 valence electrons. The molecule has 0 saturated carbocycles. The van der Waals surface area contributed by atoms with Crippen molar-refractivity contribution < 1.29 is 14.3 Å². The van der Waals surface area contributed by atoms with E-state index in [1.807, 2.05) is 13.8 Å². The molecule has 13 heavy (non-hydrogen) atoms. The molecule has 0 amide bonds. The Balaban J connectivity index is 2.68. The van der Waals surface area contributed by atoms with Gasteiger partial charge in [0.05, 0.1) is 13.7 Å². The number of carbonyl (C=O) groups is 1. The first-order valence-electron chi connectivity index (χ1n) is 4.54. The molecule has 4 nitrogen and oxygen atoms in total. The highest BCUT2D eigenvalue weighted by Gasteiger charge is 2.43. The fourth-order valence-corrected chi connectivity index (χ4v) is 1.65. The highest BCUT2D eigenvalue weighted by Crippen LogP contribution is 2.20. The van der Waals surface area contributed by atoms with Crippen molar-refractivity contribution in [2.24, 2.45) is 0 Å². The van der Waals surface area contributed by atoms with Gasteiger partial charge in [0.1, 0.15) is 5.54 Å². The maximum Gasteiger partial charge on any atom is 0.328 e. The molecule has 1 fully saturated rings. The van der Waals surface area contributed by atoms with E-state index in [1.54, 1.807) is 0 Å². The van der Waals surface area contributed by atoms with Crippen LogP contribution >= 0.6 is 0 Å².